The van der Waals surface area contributed by atoms with E-state index in [0.717, 1.165) is 48.8 Å². The minimum absolute atomic E-state index is 0.643. The zero-order valence-electron chi connectivity index (χ0n) is 12.4. The highest BCUT2D eigenvalue weighted by Crippen LogP contribution is 2.40. The molecule has 1 aromatic rings. The van der Waals surface area contributed by atoms with Gasteiger partial charge in [-0.25, -0.2) is 0 Å². The highest BCUT2D eigenvalue weighted by Gasteiger charge is 2.33. The molecule has 0 amide bonds. The van der Waals surface area contributed by atoms with Crippen LogP contribution in [0.15, 0.2) is 24.3 Å². The normalized spacial score (nSPS) is 28.2. The second kappa shape index (κ2) is 5.96. The van der Waals surface area contributed by atoms with Gasteiger partial charge in [0, 0.05) is 0 Å². The maximum atomic E-state index is 10.9. The van der Waals surface area contributed by atoms with Crippen molar-refractivity contribution in [3.8, 4) is 5.75 Å². The van der Waals surface area contributed by atoms with E-state index in [-0.39, 0.29) is 0 Å². The van der Waals surface area contributed by atoms with Gasteiger partial charge in [-0.3, -0.25) is 0 Å². The van der Waals surface area contributed by atoms with Crippen LogP contribution in [0, 0.1) is 11.8 Å². The van der Waals surface area contributed by atoms with Crippen molar-refractivity contribution in [2.45, 2.75) is 51.6 Å². The molecule has 1 saturated carbocycles. The van der Waals surface area contributed by atoms with Crippen LogP contribution in [0.5, 0.6) is 5.75 Å². The molecular weight excluding hydrogens is 236 g/mol. The molecule has 1 aliphatic rings. The van der Waals surface area contributed by atoms with Crippen LogP contribution in [-0.2, 0) is 5.60 Å². The van der Waals surface area contributed by atoms with Crippen molar-refractivity contribution in [2.75, 3.05) is 7.11 Å². The molecule has 106 valence electrons. The van der Waals surface area contributed by atoms with Crippen LogP contribution in [0.4, 0.5) is 0 Å². The van der Waals surface area contributed by atoms with Gasteiger partial charge in [-0.15, -0.1) is 0 Å². The summed E-state index contributed by atoms with van der Waals surface area (Å²) in [5.41, 5.74) is 0.397. The Bertz CT molecular complexity index is 396. The Morgan fingerprint density at radius 3 is 2.42 bits per heavy atom. The molecule has 1 aromatic carbocycles. The number of ether oxygens (including phenoxy) is 1. The SMILES string of the molecule is COc1ccc(C2(O)CCCC(C(C)C)CC2)cc1. The summed E-state index contributed by atoms with van der Waals surface area (Å²) in [5.74, 6) is 2.33. The maximum absolute atomic E-state index is 10.9. The molecule has 2 unspecified atom stereocenters. The number of hydrogen-bond donors (Lipinski definition) is 1. The molecule has 0 heterocycles. The molecule has 2 atom stereocenters. The minimum atomic E-state index is -0.643. The van der Waals surface area contributed by atoms with Crippen LogP contribution in [0.1, 0.15) is 51.5 Å². The first-order chi connectivity index (χ1) is 9.05. The Hall–Kier alpha value is -1.02. The van der Waals surface area contributed by atoms with E-state index >= 15 is 0 Å². The Morgan fingerprint density at radius 1 is 1.16 bits per heavy atom. The molecule has 0 bridgehead atoms. The molecule has 1 fully saturated rings. The molecule has 19 heavy (non-hydrogen) atoms. The lowest BCUT2D eigenvalue weighted by molar-refractivity contribution is 0.0191. The molecule has 0 aromatic heterocycles. The predicted octanol–water partition coefficient (Wildman–Crippen LogP) is 4.12. The van der Waals surface area contributed by atoms with Gasteiger partial charge in [-0.2, -0.15) is 0 Å². The van der Waals surface area contributed by atoms with Gasteiger partial charge in [0.15, 0.2) is 0 Å². The summed E-state index contributed by atoms with van der Waals surface area (Å²) in [6.07, 6.45) is 5.24. The standard InChI is InChI=1S/C17H26O2/c1-13(2)14-5-4-11-17(18,12-10-14)15-6-8-16(19-3)9-7-15/h6-9,13-14,18H,4-5,10-12H2,1-3H3. The smallest absolute Gasteiger partial charge is 0.118 e. The van der Waals surface area contributed by atoms with Crippen molar-refractivity contribution in [3.63, 3.8) is 0 Å². The van der Waals surface area contributed by atoms with Crippen LogP contribution in [0.2, 0.25) is 0 Å². The average molecular weight is 262 g/mol. The molecular formula is C17H26O2. The fourth-order valence-electron chi connectivity index (χ4n) is 3.21. The first-order valence-corrected chi connectivity index (χ1v) is 7.42. The summed E-state index contributed by atoms with van der Waals surface area (Å²) in [4.78, 5) is 0. The number of methoxy groups -OCH3 is 1. The third kappa shape index (κ3) is 3.30. The molecule has 0 radical (unpaired) electrons. The van der Waals surface area contributed by atoms with Crippen molar-refractivity contribution in [1.82, 2.24) is 0 Å². The Labute approximate surface area is 116 Å². The summed E-state index contributed by atoms with van der Waals surface area (Å²) in [6.45, 7) is 4.59. The Kier molecular flexibility index (Phi) is 4.51. The van der Waals surface area contributed by atoms with Crippen LogP contribution in [0.3, 0.4) is 0 Å². The van der Waals surface area contributed by atoms with Gasteiger partial charge in [0.1, 0.15) is 5.75 Å². The van der Waals surface area contributed by atoms with E-state index < -0.39 is 5.60 Å². The van der Waals surface area contributed by atoms with E-state index in [4.69, 9.17) is 4.74 Å². The van der Waals surface area contributed by atoms with E-state index in [9.17, 15) is 5.11 Å². The van der Waals surface area contributed by atoms with Crippen molar-refractivity contribution in [2.24, 2.45) is 11.8 Å². The van der Waals surface area contributed by atoms with Gasteiger partial charge >= 0.3 is 0 Å². The van der Waals surface area contributed by atoms with E-state index in [1.54, 1.807) is 7.11 Å². The van der Waals surface area contributed by atoms with Crippen molar-refractivity contribution >= 4 is 0 Å². The molecule has 2 heteroatoms. The van der Waals surface area contributed by atoms with Gasteiger partial charge in [0.05, 0.1) is 12.7 Å². The summed E-state index contributed by atoms with van der Waals surface area (Å²) >= 11 is 0. The number of hydrogen-bond acceptors (Lipinski definition) is 2. The quantitative estimate of drug-likeness (QED) is 0.830. The van der Waals surface area contributed by atoms with Gasteiger partial charge in [-0.05, 0) is 55.2 Å². The van der Waals surface area contributed by atoms with Crippen LogP contribution in [-0.4, -0.2) is 12.2 Å². The molecule has 1 aliphatic carbocycles. The monoisotopic (exact) mass is 262 g/mol. The lowest BCUT2D eigenvalue weighted by atomic mass is 9.85. The van der Waals surface area contributed by atoms with Gasteiger partial charge in [0.25, 0.3) is 0 Å². The Balaban J connectivity index is 2.12. The fourth-order valence-corrected chi connectivity index (χ4v) is 3.21. The lowest BCUT2D eigenvalue weighted by Crippen LogP contribution is -2.24. The number of aliphatic hydroxyl groups is 1. The topological polar surface area (TPSA) is 29.5 Å². The van der Waals surface area contributed by atoms with Gasteiger partial charge < -0.3 is 9.84 Å². The number of benzene rings is 1. The van der Waals surface area contributed by atoms with Crippen molar-refractivity contribution in [3.05, 3.63) is 29.8 Å². The highest BCUT2D eigenvalue weighted by molar-refractivity contribution is 5.31. The Morgan fingerprint density at radius 2 is 1.84 bits per heavy atom. The minimum Gasteiger partial charge on any atom is -0.497 e. The molecule has 0 aliphatic heterocycles. The van der Waals surface area contributed by atoms with Crippen molar-refractivity contribution in [1.29, 1.82) is 0 Å². The zero-order valence-corrected chi connectivity index (χ0v) is 12.4. The predicted molar refractivity (Wildman–Crippen MR) is 78.3 cm³/mol. The van der Waals surface area contributed by atoms with Crippen LogP contribution in [0.25, 0.3) is 0 Å². The fraction of sp³-hybridized carbons (Fsp3) is 0.647. The summed E-state index contributed by atoms with van der Waals surface area (Å²) in [5, 5.41) is 10.9. The summed E-state index contributed by atoms with van der Waals surface area (Å²) < 4.78 is 5.18. The zero-order chi connectivity index (χ0) is 13.9. The maximum Gasteiger partial charge on any atom is 0.118 e. The molecule has 1 N–H and O–H groups in total. The highest BCUT2D eigenvalue weighted by atomic mass is 16.5. The summed E-state index contributed by atoms with van der Waals surface area (Å²) in [6, 6.07) is 7.90. The lowest BCUT2D eigenvalue weighted by Gasteiger charge is -2.28. The molecule has 0 spiro atoms. The third-order valence-electron chi connectivity index (χ3n) is 4.66. The van der Waals surface area contributed by atoms with Crippen LogP contribution >= 0.6 is 0 Å². The molecule has 2 rings (SSSR count). The average Bonchev–Trinajstić information content (AvgIpc) is 2.62. The van der Waals surface area contributed by atoms with E-state index in [1.165, 1.54) is 6.42 Å². The first-order valence-electron chi connectivity index (χ1n) is 7.42. The third-order valence-corrected chi connectivity index (χ3v) is 4.66. The van der Waals surface area contributed by atoms with Crippen LogP contribution < -0.4 is 4.74 Å². The van der Waals surface area contributed by atoms with Crippen molar-refractivity contribution < 1.29 is 9.84 Å². The van der Waals surface area contributed by atoms with E-state index in [1.807, 2.05) is 24.3 Å². The summed E-state index contributed by atoms with van der Waals surface area (Å²) in [7, 11) is 1.67. The van der Waals surface area contributed by atoms with E-state index in [2.05, 4.69) is 13.8 Å². The second-order valence-corrected chi connectivity index (χ2v) is 6.20. The number of rotatable bonds is 3. The van der Waals surface area contributed by atoms with Gasteiger partial charge in [-0.1, -0.05) is 32.4 Å². The molecule has 2 nitrogen and oxygen atoms in total. The van der Waals surface area contributed by atoms with E-state index in [0.29, 0.717) is 0 Å². The first kappa shape index (κ1) is 14.4. The van der Waals surface area contributed by atoms with Gasteiger partial charge in [0.2, 0.25) is 0 Å². The molecule has 0 saturated heterocycles. The largest absolute Gasteiger partial charge is 0.497 e. The second-order valence-electron chi connectivity index (χ2n) is 6.20.